The number of nitrogens with one attached hydrogen (secondary N) is 1. The Hall–Kier alpha value is -1.93. The zero-order chi connectivity index (χ0) is 19.7. The molecule has 2 rings (SSSR count). The predicted octanol–water partition coefficient (Wildman–Crippen LogP) is 7.19. The number of halogens is 8. The number of anilines is 1. The molecule has 0 saturated heterocycles. The van der Waals surface area contributed by atoms with E-state index in [-0.39, 0.29) is 27.3 Å². The van der Waals surface area contributed by atoms with E-state index in [0.717, 1.165) is 36.4 Å². The van der Waals surface area contributed by atoms with E-state index in [2.05, 4.69) is 10.3 Å². The first-order valence-electron chi connectivity index (χ1n) is 6.94. The van der Waals surface area contributed by atoms with Crippen LogP contribution in [0.4, 0.5) is 37.7 Å². The molecule has 0 fully saturated rings. The van der Waals surface area contributed by atoms with Gasteiger partial charge in [-0.3, -0.25) is 0 Å². The summed E-state index contributed by atoms with van der Waals surface area (Å²) >= 11 is 11.6. The third kappa shape index (κ3) is 5.04. The maximum absolute atomic E-state index is 12.6. The van der Waals surface area contributed by atoms with Crippen LogP contribution in [0, 0.1) is 0 Å². The smallest absolute Gasteiger partial charge is 0.343 e. The summed E-state index contributed by atoms with van der Waals surface area (Å²) in [7, 11) is 0. The summed E-state index contributed by atoms with van der Waals surface area (Å²) in [5.41, 5.74) is -1.61. The third-order valence-corrected chi connectivity index (χ3v) is 3.79. The van der Waals surface area contributed by atoms with E-state index in [1.807, 2.05) is 0 Å². The van der Waals surface area contributed by atoms with Crippen LogP contribution in [0.1, 0.15) is 18.1 Å². The Kier molecular flexibility index (Phi) is 5.77. The highest BCUT2D eigenvalue weighted by molar-refractivity contribution is 6.34. The molecular formula is C16H10Cl2F6N2. The molecule has 0 amide bonds. The summed E-state index contributed by atoms with van der Waals surface area (Å²) in [6, 6.07) is 5.36. The fourth-order valence-corrected chi connectivity index (χ4v) is 2.42. The first-order chi connectivity index (χ1) is 11.9. The lowest BCUT2D eigenvalue weighted by molar-refractivity contribution is -0.138. The van der Waals surface area contributed by atoms with Crippen molar-refractivity contribution in [1.29, 1.82) is 0 Å². The molecule has 26 heavy (non-hydrogen) atoms. The molecular weight excluding hydrogens is 405 g/mol. The van der Waals surface area contributed by atoms with Crippen molar-refractivity contribution in [1.82, 2.24) is 0 Å². The van der Waals surface area contributed by atoms with Crippen LogP contribution in [0.15, 0.2) is 41.4 Å². The summed E-state index contributed by atoms with van der Waals surface area (Å²) in [4.78, 5) is 4.01. The van der Waals surface area contributed by atoms with Crippen LogP contribution in [0.3, 0.4) is 0 Å². The van der Waals surface area contributed by atoms with Gasteiger partial charge in [-0.25, -0.2) is 4.99 Å². The van der Waals surface area contributed by atoms with Crippen molar-refractivity contribution < 1.29 is 26.3 Å². The van der Waals surface area contributed by atoms with Gasteiger partial charge in [0.2, 0.25) is 0 Å². The summed E-state index contributed by atoms with van der Waals surface area (Å²) in [5.74, 6) is 0.174. The lowest BCUT2D eigenvalue weighted by atomic mass is 10.2. The molecule has 2 nitrogen and oxygen atoms in total. The van der Waals surface area contributed by atoms with Crippen molar-refractivity contribution in [2.45, 2.75) is 19.3 Å². The minimum Gasteiger partial charge on any atom is -0.343 e. The first kappa shape index (κ1) is 20.4. The molecule has 0 atom stereocenters. The first-order valence-corrected chi connectivity index (χ1v) is 7.69. The van der Waals surface area contributed by atoms with E-state index < -0.39 is 23.5 Å². The number of aliphatic imine (C=N–C) groups is 1. The topological polar surface area (TPSA) is 24.4 Å². The predicted molar refractivity (Wildman–Crippen MR) is 89.3 cm³/mol. The summed E-state index contributed by atoms with van der Waals surface area (Å²) in [6.45, 7) is 1.46. The van der Waals surface area contributed by atoms with Crippen LogP contribution >= 0.6 is 23.2 Å². The quantitative estimate of drug-likeness (QED) is 0.313. The molecule has 0 spiro atoms. The minimum atomic E-state index is -4.53. The largest absolute Gasteiger partial charge is 0.416 e. The summed E-state index contributed by atoms with van der Waals surface area (Å²) in [6.07, 6.45) is -9.06. The minimum absolute atomic E-state index is 0.0627. The molecule has 0 radical (unpaired) electrons. The van der Waals surface area contributed by atoms with Gasteiger partial charge in [0, 0.05) is 0 Å². The molecule has 0 saturated carbocycles. The summed E-state index contributed by atoms with van der Waals surface area (Å²) < 4.78 is 75.7. The summed E-state index contributed by atoms with van der Waals surface area (Å²) in [5, 5.41) is 2.27. The lowest BCUT2D eigenvalue weighted by Gasteiger charge is -2.12. The Bertz CT molecular complexity index is 844. The molecule has 0 unspecified atom stereocenters. The normalized spacial score (nSPS) is 13.0. The van der Waals surface area contributed by atoms with E-state index in [9.17, 15) is 26.3 Å². The maximum atomic E-state index is 12.6. The van der Waals surface area contributed by atoms with Crippen LogP contribution in [0.25, 0.3) is 0 Å². The molecule has 0 aliphatic rings. The molecule has 2 aromatic rings. The van der Waals surface area contributed by atoms with Crippen LogP contribution in [0.5, 0.6) is 0 Å². The van der Waals surface area contributed by atoms with E-state index in [1.54, 1.807) is 0 Å². The highest BCUT2D eigenvalue weighted by atomic mass is 35.5. The van der Waals surface area contributed by atoms with E-state index in [0.29, 0.717) is 0 Å². The Balaban J connectivity index is 2.24. The van der Waals surface area contributed by atoms with Gasteiger partial charge in [0.05, 0.1) is 32.5 Å². The highest BCUT2D eigenvalue weighted by Crippen LogP contribution is 2.36. The number of amidine groups is 1. The van der Waals surface area contributed by atoms with Gasteiger partial charge in [-0.15, -0.1) is 0 Å². The monoisotopic (exact) mass is 414 g/mol. The average Bonchev–Trinajstić information content (AvgIpc) is 2.49. The Morgan fingerprint density at radius 3 is 1.81 bits per heavy atom. The second kappa shape index (κ2) is 7.36. The molecule has 2 aromatic carbocycles. The zero-order valence-electron chi connectivity index (χ0n) is 12.9. The Morgan fingerprint density at radius 2 is 1.35 bits per heavy atom. The van der Waals surface area contributed by atoms with Gasteiger partial charge < -0.3 is 5.32 Å². The van der Waals surface area contributed by atoms with Gasteiger partial charge in [-0.05, 0) is 43.3 Å². The zero-order valence-corrected chi connectivity index (χ0v) is 14.4. The number of hydrogen-bond acceptors (Lipinski definition) is 1. The number of rotatable bonds is 2. The lowest BCUT2D eigenvalue weighted by Crippen LogP contribution is -2.09. The van der Waals surface area contributed by atoms with Gasteiger partial charge in [-0.2, -0.15) is 26.3 Å². The van der Waals surface area contributed by atoms with Crippen molar-refractivity contribution >= 4 is 40.4 Å². The maximum Gasteiger partial charge on any atom is 0.416 e. The van der Waals surface area contributed by atoms with E-state index >= 15 is 0 Å². The van der Waals surface area contributed by atoms with Crippen LogP contribution in [-0.4, -0.2) is 5.84 Å². The third-order valence-electron chi connectivity index (χ3n) is 3.18. The molecule has 10 heteroatoms. The second-order valence-electron chi connectivity index (χ2n) is 5.18. The highest BCUT2D eigenvalue weighted by Gasteiger charge is 2.31. The van der Waals surface area contributed by atoms with Crippen molar-refractivity contribution in [2.24, 2.45) is 4.99 Å². The Labute approximate surface area is 154 Å². The van der Waals surface area contributed by atoms with E-state index in [1.165, 1.54) is 6.92 Å². The number of nitrogens with zero attached hydrogens (tertiary/aromatic N) is 1. The average molecular weight is 415 g/mol. The molecule has 0 heterocycles. The van der Waals surface area contributed by atoms with E-state index in [4.69, 9.17) is 23.2 Å². The molecule has 0 aromatic heterocycles. The van der Waals surface area contributed by atoms with Gasteiger partial charge in [-0.1, -0.05) is 23.2 Å². The van der Waals surface area contributed by atoms with Crippen LogP contribution < -0.4 is 5.32 Å². The fourth-order valence-electron chi connectivity index (χ4n) is 1.97. The molecule has 1 N–H and O–H groups in total. The van der Waals surface area contributed by atoms with Gasteiger partial charge in [0.1, 0.15) is 5.84 Å². The standard InChI is InChI=1S/C16H10Cl2F6N2/c1-8(25-13-4-2-9(6-11(13)17)15(19,20)21)26-14-5-3-10(7-12(14)18)16(22,23)24/h2-7H,1H3,(H,25,26). The molecule has 140 valence electrons. The van der Waals surface area contributed by atoms with Crippen LogP contribution in [0.2, 0.25) is 10.0 Å². The van der Waals surface area contributed by atoms with Crippen molar-refractivity contribution in [3.63, 3.8) is 0 Å². The number of benzene rings is 2. The molecule has 0 aliphatic heterocycles. The fraction of sp³-hybridized carbons (Fsp3) is 0.188. The van der Waals surface area contributed by atoms with Gasteiger partial charge in [0.15, 0.2) is 0 Å². The van der Waals surface area contributed by atoms with Crippen molar-refractivity contribution in [3.05, 3.63) is 57.6 Å². The SMILES string of the molecule is CC(=Nc1ccc(C(F)(F)F)cc1Cl)Nc1ccc(C(F)(F)F)cc1Cl. The van der Waals surface area contributed by atoms with Gasteiger partial charge >= 0.3 is 12.4 Å². The Morgan fingerprint density at radius 1 is 0.846 bits per heavy atom. The second-order valence-corrected chi connectivity index (χ2v) is 5.99. The molecule has 0 bridgehead atoms. The van der Waals surface area contributed by atoms with Crippen molar-refractivity contribution in [2.75, 3.05) is 5.32 Å². The molecule has 0 aliphatic carbocycles. The van der Waals surface area contributed by atoms with Crippen LogP contribution in [-0.2, 0) is 12.4 Å². The van der Waals surface area contributed by atoms with Crippen molar-refractivity contribution in [3.8, 4) is 0 Å². The number of alkyl halides is 6. The number of hydrogen-bond donors (Lipinski definition) is 1. The van der Waals surface area contributed by atoms with Gasteiger partial charge in [0.25, 0.3) is 0 Å².